The van der Waals surface area contributed by atoms with E-state index in [9.17, 15) is 8.42 Å². The molecule has 0 aliphatic rings. The first-order valence-electron chi connectivity index (χ1n) is 7.00. The molecule has 0 saturated heterocycles. The van der Waals surface area contributed by atoms with Crippen LogP contribution < -0.4 is 10.0 Å². The molecule has 1 aromatic heterocycles. The van der Waals surface area contributed by atoms with E-state index in [1.807, 2.05) is 6.92 Å². The van der Waals surface area contributed by atoms with Gasteiger partial charge in [0.1, 0.15) is 5.76 Å². The summed E-state index contributed by atoms with van der Waals surface area (Å²) in [5.74, 6) is 0.607. The van der Waals surface area contributed by atoms with Gasteiger partial charge < -0.3 is 14.8 Å². The molecule has 1 rings (SSSR count). The number of hydrogen-bond acceptors (Lipinski definition) is 5. The van der Waals surface area contributed by atoms with Crippen LogP contribution in [0.1, 0.15) is 38.4 Å². The fourth-order valence-electron chi connectivity index (χ4n) is 1.71. The first-order chi connectivity index (χ1) is 9.60. The van der Waals surface area contributed by atoms with Crippen LogP contribution in [0.3, 0.4) is 0 Å². The zero-order valence-corrected chi connectivity index (χ0v) is 12.7. The summed E-state index contributed by atoms with van der Waals surface area (Å²) >= 11 is 0. The number of unbranched alkanes of at least 4 members (excludes halogenated alkanes) is 3. The molecule has 1 aromatic rings. The molecule has 0 fully saturated rings. The van der Waals surface area contributed by atoms with Gasteiger partial charge in [-0.05, 0) is 31.5 Å². The van der Waals surface area contributed by atoms with E-state index >= 15 is 0 Å². The maximum absolute atomic E-state index is 11.9. The Morgan fingerprint density at radius 1 is 1.20 bits per heavy atom. The Balaban J connectivity index is 2.38. The fraction of sp³-hybridized carbons (Fsp3) is 0.692. The molecular weight excluding hydrogens is 280 g/mol. The number of aliphatic hydroxyl groups is 1. The average molecular weight is 304 g/mol. The number of rotatable bonds is 11. The molecule has 0 spiro atoms. The van der Waals surface area contributed by atoms with Gasteiger partial charge >= 0.3 is 0 Å². The van der Waals surface area contributed by atoms with Crippen LogP contribution >= 0.6 is 0 Å². The zero-order chi connectivity index (χ0) is 14.8. The number of nitrogens with one attached hydrogen (secondary N) is 2. The molecule has 0 saturated carbocycles. The topological polar surface area (TPSA) is 91.6 Å². The minimum absolute atomic E-state index is 0.0410. The van der Waals surface area contributed by atoms with Crippen molar-refractivity contribution >= 4 is 10.0 Å². The van der Waals surface area contributed by atoms with Crippen LogP contribution in [0, 0.1) is 0 Å². The number of sulfonamides is 1. The van der Waals surface area contributed by atoms with Gasteiger partial charge in [0, 0.05) is 13.2 Å². The van der Waals surface area contributed by atoms with Gasteiger partial charge in [0.15, 0.2) is 0 Å². The standard InChI is InChI=1S/C13H24N2O4S/c1-2-14-11-12-7-8-13(19-12)20(17,18)15-9-5-3-4-6-10-16/h7-8,14-16H,2-6,9-11H2,1H3. The van der Waals surface area contributed by atoms with Crippen molar-refractivity contribution < 1.29 is 17.9 Å². The highest BCUT2D eigenvalue weighted by Gasteiger charge is 2.17. The Morgan fingerprint density at radius 2 is 1.95 bits per heavy atom. The molecule has 0 radical (unpaired) electrons. The van der Waals surface area contributed by atoms with Crippen molar-refractivity contribution in [3.05, 3.63) is 17.9 Å². The van der Waals surface area contributed by atoms with Gasteiger partial charge in [-0.1, -0.05) is 19.8 Å². The predicted molar refractivity (Wildman–Crippen MR) is 76.8 cm³/mol. The smallest absolute Gasteiger partial charge is 0.273 e. The van der Waals surface area contributed by atoms with Crippen LogP contribution in [-0.2, 0) is 16.6 Å². The third-order valence-corrected chi connectivity index (χ3v) is 4.16. The first-order valence-corrected chi connectivity index (χ1v) is 8.48. The highest BCUT2D eigenvalue weighted by atomic mass is 32.2. The first kappa shape index (κ1) is 17.2. The molecule has 7 heteroatoms. The Bertz CT molecular complexity index is 470. The fourth-order valence-corrected chi connectivity index (χ4v) is 2.73. The van der Waals surface area contributed by atoms with E-state index in [1.165, 1.54) is 6.07 Å². The highest BCUT2D eigenvalue weighted by molar-refractivity contribution is 7.89. The van der Waals surface area contributed by atoms with Crippen LogP contribution in [0.25, 0.3) is 0 Å². The number of hydrogen-bond donors (Lipinski definition) is 3. The Kier molecular flexibility index (Phi) is 7.83. The van der Waals surface area contributed by atoms with Gasteiger partial charge in [-0.15, -0.1) is 0 Å². The van der Waals surface area contributed by atoms with E-state index in [2.05, 4.69) is 10.0 Å². The van der Waals surface area contributed by atoms with E-state index < -0.39 is 10.0 Å². The van der Waals surface area contributed by atoms with Crippen molar-refractivity contribution in [1.29, 1.82) is 0 Å². The van der Waals surface area contributed by atoms with Crippen LogP contribution in [0.5, 0.6) is 0 Å². The van der Waals surface area contributed by atoms with Crippen LogP contribution in [0.15, 0.2) is 21.6 Å². The molecule has 116 valence electrons. The van der Waals surface area contributed by atoms with E-state index in [0.717, 1.165) is 32.2 Å². The van der Waals surface area contributed by atoms with E-state index in [4.69, 9.17) is 9.52 Å². The van der Waals surface area contributed by atoms with Gasteiger partial charge in [-0.2, -0.15) is 0 Å². The van der Waals surface area contributed by atoms with E-state index in [0.29, 0.717) is 18.8 Å². The van der Waals surface area contributed by atoms with Crippen molar-refractivity contribution in [3.8, 4) is 0 Å². The second-order valence-electron chi connectivity index (χ2n) is 4.54. The maximum Gasteiger partial charge on any atom is 0.273 e. The summed E-state index contributed by atoms with van der Waals surface area (Å²) in [6, 6.07) is 3.14. The summed E-state index contributed by atoms with van der Waals surface area (Å²) in [6.45, 7) is 3.87. The molecule has 0 amide bonds. The predicted octanol–water partition coefficient (Wildman–Crippen LogP) is 1.22. The van der Waals surface area contributed by atoms with E-state index in [1.54, 1.807) is 6.07 Å². The molecule has 6 nitrogen and oxygen atoms in total. The summed E-state index contributed by atoms with van der Waals surface area (Å²) in [6.07, 6.45) is 3.32. The summed E-state index contributed by atoms with van der Waals surface area (Å²) < 4.78 is 31.7. The zero-order valence-electron chi connectivity index (χ0n) is 11.9. The molecule has 0 aliphatic heterocycles. The third-order valence-electron chi connectivity index (χ3n) is 2.83. The molecular formula is C13H24N2O4S. The van der Waals surface area contributed by atoms with Crippen molar-refractivity contribution in [2.45, 2.75) is 44.2 Å². The second-order valence-corrected chi connectivity index (χ2v) is 6.23. The lowest BCUT2D eigenvalue weighted by atomic mass is 10.2. The largest absolute Gasteiger partial charge is 0.447 e. The lowest BCUT2D eigenvalue weighted by Gasteiger charge is -2.04. The number of aliphatic hydroxyl groups excluding tert-OH is 1. The van der Waals surface area contributed by atoms with Gasteiger partial charge in [0.2, 0.25) is 5.09 Å². The van der Waals surface area contributed by atoms with Crippen LogP contribution in [0.4, 0.5) is 0 Å². The molecule has 0 bridgehead atoms. The quantitative estimate of drug-likeness (QED) is 0.535. The molecule has 3 N–H and O–H groups in total. The van der Waals surface area contributed by atoms with Gasteiger partial charge in [0.25, 0.3) is 10.0 Å². The second kappa shape index (κ2) is 9.12. The summed E-state index contributed by atoms with van der Waals surface area (Å²) in [5, 5.41) is 11.7. The summed E-state index contributed by atoms with van der Waals surface area (Å²) in [5.41, 5.74) is 0. The third kappa shape index (κ3) is 6.04. The van der Waals surface area contributed by atoms with Crippen molar-refractivity contribution in [2.75, 3.05) is 19.7 Å². The summed E-state index contributed by atoms with van der Waals surface area (Å²) in [4.78, 5) is 0. The molecule has 0 atom stereocenters. The minimum atomic E-state index is -3.55. The van der Waals surface area contributed by atoms with E-state index in [-0.39, 0.29) is 11.7 Å². The van der Waals surface area contributed by atoms with Crippen LogP contribution in [0.2, 0.25) is 0 Å². The van der Waals surface area contributed by atoms with Crippen molar-refractivity contribution in [1.82, 2.24) is 10.0 Å². The minimum Gasteiger partial charge on any atom is -0.447 e. The Labute approximate surface area is 120 Å². The molecule has 0 unspecified atom stereocenters. The van der Waals surface area contributed by atoms with Gasteiger partial charge in [-0.25, -0.2) is 13.1 Å². The Hall–Kier alpha value is -0.890. The maximum atomic E-state index is 11.9. The molecule has 0 aliphatic carbocycles. The number of furan rings is 1. The van der Waals surface area contributed by atoms with Crippen LogP contribution in [-0.4, -0.2) is 33.2 Å². The van der Waals surface area contributed by atoms with Gasteiger partial charge in [-0.3, -0.25) is 0 Å². The molecule has 0 aromatic carbocycles. The highest BCUT2D eigenvalue weighted by Crippen LogP contribution is 2.13. The molecule has 1 heterocycles. The monoisotopic (exact) mass is 304 g/mol. The lowest BCUT2D eigenvalue weighted by Crippen LogP contribution is -2.24. The SMILES string of the molecule is CCNCc1ccc(S(=O)(=O)NCCCCCCO)o1. The lowest BCUT2D eigenvalue weighted by molar-refractivity contribution is 0.282. The molecule has 20 heavy (non-hydrogen) atoms. The Morgan fingerprint density at radius 3 is 2.65 bits per heavy atom. The van der Waals surface area contributed by atoms with Crippen molar-refractivity contribution in [2.24, 2.45) is 0 Å². The summed E-state index contributed by atoms with van der Waals surface area (Å²) in [7, 11) is -3.55. The van der Waals surface area contributed by atoms with Crippen molar-refractivity contribution in [3.63, 3.8) is 0 Å². The normalized spacial score (nSPS) is 11.9. The van der Waals surface area contributed by atoms with Gasteiger partial charge in [0.05, 0.1) is 6.54 Å². The average Bonchev–Trinajstić information content (AvgIpc) is 2.90.